The van der Waals surface area contributed by atoms with Crippen LogP contribution in [0.25, 0.3) is 0 Å². The van der Waals surface area contributed by atoms with E-state index >= 15 is 0 Å². The van der Waals surface area contributed by atoms with Crippen molar-refractivity contribution in [1.82, 2.24) is 5.43 Å². The molecule has 1 aliphatic heterocycles. The first-order chi connectivity index (χ1) is 12.5. The van der Waals surface area contributed by atoms with Gasteiger partial charge < -0.3 is 15.0 Å². The summed E-state index contributed by atoms with van der Waals surface area (Å²) in [6.07, 6.45) is 0. The summed E-state index contributed by atoms with van der Waals surface area (Å²) in [6.45, 7) is 2.31. The molecule has 0 bridgehead atoms. The van der Waals surface area contributed by atoms with Crippen molar-refractivity contribution in [2.75, 3.05) is 23.9 Å². The number of anilines is 2. The van der Waals surface area contributed by atoms with E-state index in [9.17, 15) is 9.18 Å². The van der Waals surface area contributed by atoms with Crippen LogP contribution in [0.2, 0.25) is 0 Å². The third-order valence-electron chi connectivity index (χ3n) is 3.89. The highest BCUT2D eigenvalue weighted by Gasteiger charge is 2.33. The first-order valence-corrected chi connectivity index (χ1v) is 8.35. The summed E-state index contributed by atoms with van der Waals surface area (Å²) in [5, 5.41) is 7.26. The Morgan fingerprint density at radius 3 is 2.65 bits per heavy atom. The number of carbonyl (C=O) groups excluding carboxylic acids is 1. The molecule has 0 aromatic heterocycles. The maximum absolute atomic E-state index is 13.6. The molecule has 0 unspecified atom stereocenters. The minimum absolute atomic E-state index is 0.125. The number of fused-ring (bicyclic) bond motifs is 1. The molecule has 0 fully saturated rings. The number of amides is 1. The Bertz CT molecular complexity index is 883. The molecule has 2 aromatic rings. The van der Waals surface area contributed by atoms with Gasteiger partial charge in [-0.15, -0.1) is 0 Å². The Hall–Kier alpha value is -3.00. The third-order valence-corrected chi connectivity index (χ3v) is 4.08. The first kappa shape index (κ1) is 17.8. The Morgan fingerprint density at radius 1 is 1.27 bits per heavy atom. The molecule has 0 atom stereocenters. The minimum Gasteiger partial charge on any atom is -0.497 e. The molecular weight excluding hydrogens is 355 g/mol. The van der Waals surface area contributed by atoms with Gasteiger partial charge in [-0.05, 0) is 61.6 Å². The molecule has 6 nitrogen and oxygen atoms in total. The second-order valence-corrected chi connectivity index (χ2v) is 5.87. The van der Waals surface area contributed by atoms with Gasteiger partial charge in [-0.1, -0.05) is 0 Å². The summed E-state index contributed by atoms with van der Waals surface area (Å²) < 4.78 is 18.7. The Labute approximate surface area is 155 Å². The van der Waals surface area contributed by atoms with Gasteiger partial charge >= 0.3 is 0 Å². The number of nitrogens with one attached hydrogen (secondary N) is 2. The van der Waals surface area contributed by atoms with Crippen molar-refractivity contribution in [3.8, 4) is 5.75 Å². The largest absolute Gasteiger partial charge is 0.497 e. The molecule has 0 saturated heterocycles. The second kappa shape index (κ2) is 7.49. The number of carbonyl (C=O) groups is 1. The van der Waals surface area contributed by atoms with Gasteiger partial charge in [-0.3, -0.25) is 10.2 Å². The summed E-state index contributed by atoms with van der Waals surface area (Å²) in [4.78, 5) is 14.0. The normalized spacial score (nSPS) is 14.3. The zero-order valence-electron chi connectivity index (χ0n) is 14.2. The summed E-state index contributed by atoms with van der Waals surface area (Å²) in [5.41, 5.74) is 4.58. The van der Waals surface area contributed by atoms with Gasteiger partial charge in [0.15, 0.2) is 10.8 Å². The van der Waals surface area contributed by atoms with Crippen LogP contribution in [0.3, 0.4) is 0 Å². The lowest BCUT2D eigenvalue weighted by Crippen LogP contribution is -2.32. The predicted octanol–water partition coefficient (Wildman–Crippen LogP) is 2.89. The van der Waals surface area contributed by atoms with E-state index in [0.717, 1.165) is 11.4 Å². The number of likely N-dealkylation sites (N-methyl/N-ethyl adjacent to an activating group) is 1. The summed E-state index contributed by atoms with van der Waals surface area (Å²) in [5.74, 6) is -0.00139. The molecule has 26 heavy (non-hydrogen) atoms. The zero-order chi connectivity index (χ0) is 18.7. The Morgan fingerprint density at radius 2 is 2.00 bits per heavy atom. The number of hydrazone groups is 1. The quantitative estimate of drug-likeness (QED) is 0.638. The number of methoxy groups -OCH3 is 1. The highest BCUT2D eigenvalue weighted by Crippen LogP contribution is 2.29. The standard InChI is InChI=1S/C18H17FN4O2S/c1-3-23-15-9-4-11(19)10-14(15)16(17(23)24)21-22-18(26)20-12-5-7-13(25-2)8-6-12/h4-10H,3H2,1-2H3,(H2,20,22,26)/b21-16-. The second-order valence-electron chi connectivity index (χ2n) is 5.47. The van der Waals surface area contributed by atoms with Crippen LogP contribution in [0.15, 0.2) is 47.6 Å². The van der Waals surface area contributed by atoms with Gasteiger partial charge in [0, 0.05) is 17.8 Å². The van der Waals surface area contributed by atoms with Gasteiger partial charge in [0.2, 0.25) is 0 Å². The van der Waals surface area contributed by atoms with Crippen molar-refractivity contribution in [3.63, 3.8) is 0 Å². The van der Waals surface area contributed by atoms with Crippen molar-refractivity contribution in [2.24, 2.45) is 5.10 Å². The number of nitrogens with zero attached hydrogens (tertiary/aromatic N) is 2. The fourth-order valence-electron chi connectivity index (χ4n) is 2.65. The number of thiocarbonyl (C=S) groups is 1. The Balaban J connectivity index is 1.76. The zero-order valence-corrected chi connectivity index (χ0v) is 15.1. The topological polar surface area (TPSA) is 66.0 Å². The van der Waals surface area contributed by atoms with Crippen molar-refractivity contribution in [2.45, 2.75) is 6.92 Å². The number of hydrogen-bond donors (Lipinski definition) is 2. The molecule has 2 aromatic carbocycles. The summed E-state index contributed by atoms with van der Waals surface area (Å²) in [7, 11) is 1.59. The van der Waals surface area contributed by atoms with Crippen molar-refractivity contribution in [1.29, 1.82) is 0 Å². The molecule has 1 heterocycles. The fraction of sp³-hybridized carbons (Fsp3) is 0.167. The van der Waals surface area contributed by atoms with E-state index in [4.69, 9.17) is 17.0 Å². The molecule has 134 valence electrons. The minimum atomic E-state index is -0.430. The van der Waals surface area contributed by atoms with E-state index in [0.29, 0.717) is 17.8 Å². The average molecular weight is 372 g/mol. The smallest absolute Gasteiger partial charge is 0.279 e. The van der Waals surface area contributed by atoms with Gasteiger partial charge in [-0.2, -0.15) is 5.10 Å². The SMILES string of the molecule is CCN1C(=O)/C(=N\NC(=S)Nc2ccc(OC)cc2)c2cc(F)ccc21. The Kier molecular flexibility index (Phi) is 5.13. The molecular formula is C18H17FN4O2S. The molecule has 8 heteroatoms. The van der Waals surface area contributed by atoms with Crippen LogP contribution in [0.5, 0.6) is 5.75 Å². The number of benzene rings is 2. The fourth-order valence-corrected chi connectivity index (χ4v) is 2.81. The molecule has 0 saturated carbocycles. The number of hydrogen-bond acceptors (Lipinski definition) is 4. The average Bonchev–Trinajstić information content (AvgIpc) is 2.90. The van der Waals surface area contributed by atoms with Crippen LogP contribution in [0.4, 0.5) is 15.8 Å². The molecule has 1 aliphatic rings. The van der Waals surface area contributed by atoms with Gasteiger partial charge in [0.25, 0.3) is 5.91 Å². The molecule has 1 amide bonds. The van der Waals surface area contributed by atoms with E-state index < -0.39 is 5.82 Å². The van der Waals surface area contributed by atoms with Crippen molar-refractivity contribution in [3.05, 3.63) is 53.8 Å². The van der Waals surface area contributed by atoms with Crippen LogP contribution >= 0.6 is 12.2 Å². The van der Waals surface area contributed by atoms with Gasteiger partial charge in [0.1, 0.15) is 11.6 Å². The lowest BCUT2D eigenvalue weighted by atomic mass is 10.1. The lowest BCUT2D eigenvalue weighted by molar-refractivity contribution is -0.112. The molecule has 0 spiro atoms. The molecule has 2 N–H and O–H groups in total. The van der Waals surface area contributed by atoms with Crippen molar-refractivity contribution < 1.29 is 13.9 Å². The first-order valence-electron chi connectivity index (χ1n) is 7.94. The highest BCUT2D eigenvalue weighted by molar-refractivity contribution is 7.80. The molecule has 0 aliphatic carbocycles. The summed E-state index contributed by atoms with van der Waals surface area (Å²) >= 11 is 5.19. The van der Waals surface area contributed by atoms with Crippen LogP contribution in [-0.4, -0.2) is 30.4 Å². The maximum atomic E-state index is 13.6. The van der Waals surface area contributed by atoms with Crippen LogP contribution in [0, 0.1) is 5.82 Å². The molecule has 0 radical (unpaired) electrons. The number of ether oxygens (including phenoxy) is 1. The van der Waals surface area contributed by atoms with Crippen LogP contribution < -0.4 is 20.4 Å². The van der Waals surface area contributed by atoms with E-state index in [1.54, 1.807) is 37.4 Å². The van der Waals surface area contributed by atoms with E-state index in [-0.39, 0.29) is 16.7 Å². The maximum Gasteiger partial charge on any atom is 0.279 e. The predicted molar refractivity (Wildman–Crippen MR) is 103 cm³/mol. The van der Waals surface area contributed by atoms with E-state index in [1.807, 2.05) is 6.92 Å². The summed E-state index contributed by atoms with van der Waals surface area (Å²) in [6, 6.07) is 11.4. The molecule has 3 rings (SSSR count). The van der Waals surface area contributed by atoms with Crippen LogP contribution in [0.1, 0.15) is 12.5 Å². The van der Waals surface area contributed by atoms with Gasteiger partial charge in [-0.25, -0.2) is 4.39 Å². The van der Waals surface area contributed by atoms with Gasteiger partial charge in [0.05, 0.1) is 12.8 Å². The number of halogens is 1. The number of rotatable bonds is 4. The lowest BCUT2D eigenvalue weighted by Gasteiger charge is -2.13. The van der Waals surface area contributed by atoms with E-state index in [1.165, 1.54) is 17.0 Å². The van der Waals surface area contributed by atoms with Crippen molar-refractivity contribution >= 4 is 40.3 Å². The van der Waals surface area contributed by atoms with E-state index in [2.05, 4.69) is 15.8 Å². The highest BCUT2D eigenvalue weighted by atomic mass is 32.1. The monoisotopic (exact) mass is 372 g/mol. The third kappa shape index (κ3) is 3.50. The van der Waals surface area contributed by atoms with Crippen LogP contribution in [-0.2, 0) is 4.79 Å².